The van der Waals surface area contributed by atoms with Gasteiger partial charge in [-0.1, -0.05) is 0 Å². The summed E-state index contributed by atoms with van der Waals surface area (Å²) in [7, 11) is 0. The first-order valence-electron chi connectivity index (χ1n) is 4.81. The molecule has 6 nitrogen and oxygen atoms in total. The number of anilines is 1. The maximum absolute atomic E-state index is 8.80. The highest BCUT2D eigenvalue weighted by molar-refractivity contribution is 6.28. The molecule has 0 saturated carbocycles. The van der Waals surface area contributed by atoms with Crippen molar-refractivity contribution < 1.29 is 0 Å². The van der Waals surface area contributed by atoms with Crippen LogP contribution in [0.2, 0.25) is 5.28 Å². The van der Waals surface area contributed by atoms with Gasteiger partial charge in [0.25, 0.3) is 0 Å². The number of aromatic nitrogens is 3. The Morgan fingerprint density at radius 2 is 2.19 bits per heavy atom. The van der Waals surface area contributed by atoms with Gasteiger partial charge >= 0.3 is 0 Å². The molecule has 0 bridgehead atoms. The highest BCUT2D eigenvalue weighted by Gasteiger charge is 2.20. The summed E-state index contributed by atoms with van der Waals surface area (Å²) in [6, 6.07) is 1.97. The van der Waals surface area contributed by atoms with Crippen LogP contribution in [0.4, 0.5) is 5.95 Å². The van der Waals surface area contributed by atoms with E-state index in [2.05, 4.69) is 20.3 Å². The van der Waals surface area contributed by atoms with E-state index < -0.39 is 5.54 Å². The van der Waals surface area contributed by atoms with Crippen molar-refractivity contribution in [2.75, 3.05) is 11.9 Å². The van der Waals surface area contributed by atoms with Crippen LogP contribution in [-0.2, 0) is 6.42 Å². The Labute approximate surface area is 98.9 Å². The highest BCUT2D eigenvalue weighted by atomic mass is 35.5. The highest BCUT2D eigenvalue weighted by Crippen LogP contribution is 2.10. The third-order valence-electron chi connectivity index (χ3n) is 1.77. The van der Waals surface area contributed by atoms with Gasteiger partial charge in [0.05, 0.1) is 6.07 Å². The molecule has 0 fully saturated rings. The second kappa shape index (κ2) is 5.05. The van der Waals surface area contributed by atoms with Crippen molar-refractivity contribution in [3.05, 3.63) is 11.1 Å². The molecule has 0 spiro atoms. The van der Waals surface area contributed by atoms with Crippen molar-refractivity contribution in [2.24, 2.45) is 5.73 Å². The van der Waals surface area contributed by atoms with Crippen molar-refractivity contribution in [1.82, 2.24) is 15.0 Å². The number of rotatable bonds is 4. The van der Waals surface area contributed by atoms with Crippen LogP contribution in [0, 0.1) is 11.3 Å². The predicted octanol–water partition coefficient (Wildman–Crippen LogP) is 0.740. The van der Waals surface area contributed by atoms with E-state index in [0.29, 0.717) is 18.3 Å². The molecule has 7 heteroatoms. The molecule has 0 radical (unpaired) electrons. The van der Waals surface area contributed by atoms with Crippen LogP contribution in [0.1, 0.15) is 19.7 Å². The molecule has 16 heavy (non-hydrogen) atoms. The zero-order valence-corrected chi connectivity index (χ0v) is 9.91. The quantitative estimate of drug-likeness (QED) is 0.805. The summed E-state index contributed by atoms with van der Waals surface area (Å²) < 4.78 is 0. The van der Waals surface area contributed by atoms with E-state index in [1.165, 1.54) is 0 Å². The Morgan fingerprint density at radius 1 is 1.50 bits per heavy atom. The van der Waals surface area contributed by atoms with Crippen LogP contribution in [0.15, 0.2) is 0 Å². The standard InChI is InChI=1S/C9H13ClN6/c1-3-13-8-15-6(14-7(10)16-8)4-9(2,12)5-11/h3-4,12H2,1-2H3,(H,13,14,15,16). The van der Waals surface area contributed by atoms with Gasteiger partial charge in [-0.15, -0.1) is 0 Å². The molecule has 3 N–H and O–H groups in total. The number of nitrogens with two attached hydrogens (primary N) is 1. The number of nitriles is 1. The Bertz CT molecular complexity index is 411. The van der Waals surface area contributed by atoms with Crippen molar-refractivity contribution in [2.45, 2.75) is 25.8 Å². The third kappa shape index (κ3) is 3.61. The minimum atomic E-state index is -1.01. The van der Waals surface area contributed by atoms with Gasteiger partial charge in [0.2, 0.25) is 11.2 Å². The largest absolute Gasteiger partial charge is 0.354 e. The second-order valence-corrected chi connectivity index (χ2v) is 3.92. The Balaban J connectivity index is 2.93. The number of hydrogen-bond acceptors (Lipinski definition) is 6. The first kappa shape index (κ1) is 12.6. The molecule has 1 heterocycles. The molecule has 0 amide bonds. The lowest BCUT2D eigenvalue weighted by atomic mass is 10.0. The van der Waals surface area contributed by atoms with Gasteiger partial charge in [0, 0.05) is 13.0 Å². The fourth-order valence-electron chi connectivity index (χ4n) is 1.08. The summed E-state index contributed by atoms with van der Waals surface area (Å²) in [6.07, 6.45) is 0.226. The average molecular weight is 241 g/mol. The second-order valence-electron chi connectivity index (χ2n) is 3.58. The molecule has 1 aromatic heterocycles. The van der Waals surface area contributed by atoms with Crippen molar-refractivity contribution in [3.8, 4) is 6.07 Å². The molecule has 0 aliphatic rings. The van der Waals surface area contributed by atoms with Gasteiger partial charge in [-0.25, -0.2) is 4.98 Å². The van der Waals surface area contributed by atoms with E-state index in [9.17, 15) is 0 Å². The summed E-state index contributed by atoms with van der Waals surface area (Å²) >= 11 is 5.73. The van der Waals surface area contributed by atoms with Gasteiger partial charge in [0.1, 0.15) is 11.4 Å². The number of hydrogen-bond donors (Lipinski definition) is 2. The fourth-order valence-corrected chi connectivity index (χ4v) is 1.25. The lowest BCUT2D eigenvalue weighted by Gasteiger charge is -2.14. The minimum absolute atomic E-state index is 0.0923. The molecular formula is C9H13ClN6. The van der Waals surface area contributed by atoms with Crippen LogP contribution in [0.3, 0.4) is 0 Å². The summed E-state index contributed by atoms with van der Waals surface area (Å²) in [6.45, 7) is 4.20. The molecule has 1 aromatic rings. The lowest BCUT2D eigenvalue weighted by Crippen LogP contribution is -2.37. The zero-order valence-electron chi connectivity index (χ0n) is 9.16. The van der Waals surface area contributed by atoms with E-state index in [4.69, 9.17) is 22.6 Å². The van der Waals surface area contributed by atoms with E-state index in [1.807, 2.05) is 13.0 Å². The molecule has 1 rings (SSSR count). The smallest absolute Gasteiger partial charge is 0.227 e. The number of nitrogens with one attached hydrogen (secondary N) is 1. The van der Waals surface area contributed by atoms with Crippen molar-refractivity contribution in [3.63, 3.8) is 0 Å². The van der Waals surface area contributed by atoms with E-state index >= 15 is 0 Å². The molecular weight excluding hydrogens is 228 g/mol. The maximum atomic E-state index is 8.80. The minimum Gasteiger partial charge on any atom is -0.354 e. The van der Waals surface area contributed by atoms with Crippen LogP contribution >= 0.6 is 11.6 Å². The molecule has 86 valence electrons. The monoisotopic (exact) mass is 240 g/mol. The van der Waals surface area contributed by atoms with Gasteiger partial charge in [-0.3, -0.25) is 0 Å². The first-order valence-corrected chi connectivity index (χ1v) is 5.19. The van der Waals surface area contributed by atoms with Crippen LogP contribution < -0.4 is 11.1 Å². The Hall–Kier alpha value is -1.45. The van der Waals surface area contributed by atoms with E-state index in [1.54, 1.807) is 6.92 Å². The lowest BCUT2D eigenvalue weighted by molar-refractivity contribution is 0.574. The van der Waals surface area contributed by atoms with E-state index in [-0.39, 0.29) is 11.7 Å². The van der Waals surface area contributed by atoms with Gasteiger partial charge in [-0.2, -0.15) is 15.2 Å². The third-order valence-corrected chi connectivity index (χ3v) is 1.94. The maximum Gasteiger partial charge on any atom is 0.227 e. The SMILES string of the molecule is CCNc1nc(Cl)nc(CC(C)(N)C#N)n1. The molecule has 1 unspecified atom stereocenters. The zero-order chi connectivity index (χ0) is 12.2. The van der Waals surface area contributed by atoms with Crippen LogP contribution in [0.25, 0.3) is 0 Å². The Morgan fingerprint density at radius 3 is 2.75 bits per heavy atom. The molecule has 0 aromatic carbocycles. The summed E-state index contributed by atoms with van der Waals surface area (Å²) in [5, 5.41) is 11.8. The van der Waals surface area contributed by atoms with Crippen molar-refractivity contribution in [1.29, 1.82) is 5.26 Å². The van der Waals surface area contributed by atoms with Gasteiger partial charge in [0.15, 0.2) is 0 Å². The topological polar surface area (TPSA) is 101 Å². The molecule has 0 aliphatic heterocycles. The van der Waals surface area contributed by atoms with Crippen LogP contribution in [-0.4, -0.2) is 27.0 Å². The summed E-state index contributed by atoms with van der Waals surface area (Å²) in [5.41, 5.74) is 4.69. The predicted molar refractivity (Wildman–Crippen MR) is 60.9 cm³/mol. The first-order chi connectivity index (χ1) is 7.46. The Kier molecular flexibility index (Phi) is 3.99. The average Bonchev–Trinajstić information content (AvgIpc) is 2.16. The molecule has 0 saturated heterocycles. The molecule has 1 atom stereocenters. The normalized spacial score (nSPS) is 13.9. The fraction of sp³-hybridized carbons (Fsp3) is 0.556. The van der Waals surface area contributed by atoms with Crippen LogP contribution in [0.5, 0.6) is 0 Å². The number of halogens is 1. The number of nitrogens with zero attached hydrogens (tertiary/aromatic N) is 4. The van der Waals surface area contributed by atoms with Crippen molar-refractivity contribution >= 4 is 17.5 Å². The molecule has 0 aliphatic carbocycles. The summed E-state index contributed by atoms with van der Waals surface area (Å²) in [5.74, 6) is 0.800. The summed E-state index contributed by atoms with van der Waals surface area (Å²) in [4.78, 5) is 11.9. The van der Waals surface area contributed by atoms with E-state index in [0.717, 1.165) is 0 Å². The van der Waals surface area contributed by atoms with Gasteiger partial charge < -0.3 is 11.1 Å². The van der Waals surface area contributed by atoms with Gasteiger partial charge in [-0.05, 0) is 25.4 Å².